The van der Waals surface area contributed by atoms with E-state index in [0.29, 0.717) is 0 Å². The molecule has 7 heteroatoms. The summed E-state index contributed by atoms with van der Waals surface area (Å²) in [6, 6.07) is 11.9. The van der Waals surface area contributed by atoms with E-state index in [2.05, 4.69) is 39.8 Å². The van der Waals surface area contributed by atoms with Crippen molar-refractivity contribution in [3.8, 4) is 0 Å². The lowest BCUT2D eigenvalue weighted by atomic mass is 10.0. The maximum Gasteiger partial charge on any atom is 0.243 e. The number of nitrogens with zero attached hydrogens (tertiary/aromatic N) is 2. The molecule has 0 bridgehead atoms. The predicted octanol–water partition coefficient (Wildman–Crippen LogP) is 2.93. The summed E-state index contributed by atoms with van der Waals surface area (Å²) in [6.07, 6.45) is 3.24. The van der Waals surface area contributed by atoms with Crippen molar-refractivity contribution in [2.24, 2.45) is 0 Å². The molecule has 0 aliphatic carbocycles. The van der Waals surface area contributed by atoms with Crippen LogP contribution in [0.15, 0.2) is 47.4 Å². The lowest BCUT2D eigenvalue weighted by molar-refractivity contribution is 0.246. The van der Waals surface area contributed by atoms with E-state index in [4.69, 9.17) is 0 Å². The molecule has 0 saturated carbocycles. The van der Waals surface area contributed by atoms with Gasteiger partial charge >= 0.3 is 0 Å². The summed E-state index contributed by atoms with van der Waals surface area (Å²) in [6.45, 7) is 3.13. The SMILES string of the molecule is CN1CCc2cc(C(CNS(=O)(=O)c3ccccc3F)N3CCCC3)ccc21. The summed E-state index contributed by atoms with van der Waals surface area (Å²) in [4.78, 5) is 4.26. The van der Waals surface area contributed by atoms with Gasteiger partial charge in [-0.2, -0.15) is 0 Å². The van der Waals surface area contributed by atoms with Gasteiger partial charge in [0, 0.05) is 31.9 Å². The lowest BCUT2D eigenvalue weighted by Gasteiger charge is -2.29. The number of anilines is 1. The molecule has 2 aromatic rings. The fraction of sp³-hybridized carbons (Fsp3) is 0.429. The number of sulfonamides is 1. The van der Waals surface area contributed by atoms with Crippen molar-refractivity contribution >= 4 is 15.7 Å². The zero-order chi connectivity index (χ0) is 19.7. The number of fused-ring (bicyclic) bond motifs is 1. The van der Waals surface area contributed by atoms with Crippen molar-refractivity contribution in [3.05, 3.63) is 59.4 Å². The number of nitrogens with one attached hydrogen (secondary N) is 1. The number of likely N-dealkylation sites (N-methyl/N-ethyl adjacent to an activating group) is 1. The molecule has 4 rings (SSSR count). The average Bonchev–Trinajstić information content (AvgIpc) is 3.33. The summed E-state index contributed by atoms with van der Waals surface area (Å²) in [5.41, 5.74) is 3.67. The Kier molecular flexibility index (Phi) is 5.40. The zero-order valence-corrected chi connectivity index (χ0v) is 16.9. The third kappa shape index (κ3) is 3.79. The van der Waals surface area contributed by atoms with Gasteiger partial charge in [0.1, 0.15) is 10.7 Å². The van der Waals surface area contributed by atoms with Gasteiger partial charge in [0.2, 0.25) is 10.0 Å². The summed E-state index contributed by atoms with van der Waals surface area (Å²) >= 11 is 0. The largest absolute Gasteiger partial charge is 0.374 e. The highest BCUT2D eigenvalue weighted by Crippen LogP contribution is 2.32. The van der Waals surface area contributed by atoms with E-state index in [0.717, 1.165) is 44.5 Å². The Labute approximate surface area is 166 Å². The molecule has 2 aliphatic heterocycles. The highest BCUT2D eigenvalue weighted by molar-refractivity contribution is 7.89. The third-order valence-electron chi connectivity index (χ3n) is 5.79. The van der Waals surface area contributed by atoms with Crippen LogP contribution in [0.4, 0.5) is 10.1 Å². The average molecular weight is 404 g/mol. The van der Waals surface area contributed by atoms with Gasteiger partial charge in [0.15, 0.2) is 0 Å². The number of likely N-dealkylation sites (tertiary alicyclic amines) is 1. The van der Waals surface area contributed by atoms with E-state index in [1.165, 1.54) is 35.5 Å². The van der Waals surface area contributed by atoms with Crippen molar-refractivity contribution in [1.82, 2.24) is 9.62 Å². The zero-order valence-electron chi connectivity index (χ0n) is 16.1. The molecule has 2 aromatic carbocycles. The summed E-state index contributed by atoms with van der Waals surface area (Å²) in [7, 11) is -1.81. The Balaban J connectivity index is 1.58. The van der Waals surface area contributed by atoms with Gasteiger partial charge in [0.25, 0.3) is 0 Å². The van der Waals surface area contributed by atoms with Gasteiger partial charge in [-0.05, 0) is 61.7 Å². The van der Waals surface area contributed by atoms with Crippen LogP contribution < -0.4 is 9.62 Å². The summed E-state index contributed by atoms with van der Waals surface area (Å²) in [5, 5.41) is 0. The Morgan fingerprint density at radius 2 is 1.86 bits per heavy atom. The molecule has 5 nitrogen and oxygen atoms in total. The molecule has 1 N–H and O–H groups in total. The van der Waals surface area contributed by atoms with Gasteiger partial charge < -0.3 is 4.90 Å². The van der Waals surface area contributed by atoms with Crippen molar-refractivity contribution in [2.75, 3.05) is 38.1 Å². The molecule has 0 amide bonds. The minimum atomic E-state index is -3.90. The molecule has 1 atom stereocenters. The lowest BCUT2D eigenvalue weighted by Crippen LogP contribution is -2.37. The van der Waals surface area contributed by atoms with E-state index in [1.54, 1.807) is 0 Å². The maximum atomic E-state index is 14.0. The van der Waals surface area contributed by atoms with Crippen LogP contribution in [0, 0.1) is 5.82 Å². The van der Waals surface area contributed by atoms with E-state index in [1.807, 2.05) is 0 Å². The second-order valence-corrected chi connectivity index (χ2v) is 9.34. The molecule has 1 saturated heterocycles. The Morgan fingerprint density at radius 3 is 2.61 bits per heavy atom. The molecule has 1 unspecified atom stereocenters. The minimum absolute atomic E-state index is 0.0553. The first-order valence-corrected chi connectivity index (χ1v) is 11.3. The molecular formula is C21H26FN3O2S. The monoisotopic (exact) mass is 403 g/mol. The van der Waals surface area contributed by atoms with Gasteiger partial charge in [-0.25, -0.2) is 17.5 Å². The van der Waals surface area contributed by atoms with Gasteiger partial charge in [-0.3, -0.25) is 4.90 Å². The third-order valence-corrected chi connectivity index (χ3v) is 7.25. The number of benzene rings is 2. The highest BCUT2D eigenvalue weighted by Gasteiger charge is 2.28. The first-order valence-electron chi connectivity index (χ1n) is 9.78. The fourth-order valence-corrected chi connectivity index (χ4v) is 5.35. The minimum Gasteiger partial charge on any atom is -0.374 e. The molecule has 1 fully saturated rings. The molecular weight excluding hydrogens is 377 g/mol. The van der Waals surface area contributed by atoms with Crippen LogP contribution in [0.25, 0.3) is 0 Å². The van der Waals surface area contributed by atoms with Gasteiger partial charge in [-0.1, -0.05) is 24.3 Å². The predicted molar refractivity (Wildman–Crippen MR) is 109 cm³/mol. The van der Waals surface area contributed by atoms with Crippen LogP contribution in [0.1, 0.15) is 30.0 Å². The van der Waals surface area contributed by atoms with Crippen molar-refractivity contribution in [1.29, 1.82) is 0 Å². The first-order chi connectivity index (χ1) is 13.5. The van der Waals surface area contributed by atoms with Crippen LogP contribution in [-0.4, -0.2) is 46.5 Å². The topological polar surface area (TPSA) is 52.7 Å². The number of hydrogen-bond donors (Lipinski definition) is 1. The smallest absolute Gasteiger partial charge is 0.243 e. The van der Waals surface area contributed by atoms with Gasteiger partial charge in [-0.15, -0.1) is 0 Å². The quantitative estimate of drug-likeness (QED) is 0.806. The van der Waals surface area contributed by atoms with Crippen LogP contribution in [0.2, 0.25) is 0 Å². The maximum absolute atomic E-state index is 14.0. The molecule has 0 spiro atoms. The Hall–Kier alpha value is -1.96. The van der Waals surface area contributed by atoms with E-state index in [-0.39, 0.29) is 17.5 Å². The number of halogens is 1. The van der Waals surface area contributed by atoms with Crippen LogP contribution in [-0.2, 0) is 16.4 Å². The molecule has 2 aliphatic rings. The normalized spacial score (nSPS) is 18.4. The first kappa shape index (κ1) is 19.4. The van der Waals surface area contributed by atoms with Crippen LogP contribution in [0.5, 0.6) is 0 Å². The van der Waals surface area contributed by atoms with E-state index >= 15 is 0 Å². The molecule has 28 heavy (non-hydrogen) atoms. The van der Waals surface area contributed by atoms with Crippen LogP contribution >= 0.6 is 0 Å². The summed E-state index contributed by atoms with van der Waals surface area (Å²) < 4.78 is 41.9. The second kappa shape index (κ2) is 7.81. The highest BCUT2D eigenvalue weighted by atomic mass is 32.2. The second-order valence-electron chi connectivity index (χ2n) is 7.60. The van der Waals surface area contributed by atoms with Crippen molar-refractivity contribution in [2.45, 2.75) is 30.2 Å². The van der Waals surface area contributed by atoms with E-state index < -0.39 is 15.8 Å². The van der Waals surface area contributed by atoms with Gasteiger partial charge in [0.05, 0.1) is 0 Å². The molecule has 2 heterocycles. The fourth-order valence-electron chi connectivity index (χ4n) is 4.23. The number of rotatable bonds is 6. The van der Waals surface area contributed by atoms with Crippen molar-refractivity contribution in [3.63, 3.8) is 0 Å². The van der Waals surface area contributed by atoms with Crippen LogP contribution in [0.3, 0.4) is 0 Å². The Bertz CT molecular complexity index is 958. The van der Waals surface area contributed by atoms with E-state index in [9.17, 15) is 12.8 Å². The Morgan fingerprint density at radius 1 is 1.11 bits per heavy atom. The molecule has 150 valence electrons. The number of hydrogen-bond acceptors (Lipinski definition) is 4. The summed E-state index contributed by atoms with van der Waals surface area (Å²) in [5.74, 6) is -0.728. The standard InChI is InChI=1S/C21H26FN3O2S/c1-24-13-10-17-14-16(8-9-19(17)24)20(25-11-4-5-12-25)15-23-28(26,27)21-7-3-2-6-18(21)22/h2-3,6-9,14,20,23H,4-5,10-13,15H2,1H3. The molecule has 0 radical (unpaired) electrons. The molecule has 0 aromatic heterocycles. The van der Waals surface area contributed by atoms with Crippen molar-refractivity contribution < 1.29 is 12.8 Å².